The van der Waals surface area contributed by atoms with Crippen LogP contribution in [-0.2, 0) is 14.3 Å². The summed E-state index contributed by atoms with van der Waals surface area (Å²) < 4.78 is 25.6. The first-order chi connectivity index (χ1) is 16.3. The van der Waals surface area contributed by atoms with Crippen LogP contribution in [0, 0.1) is 12.7 Å². The molecule has 0 unspecified atom stereocenters. The van der Waals surface area contributed by atoms with Gasteiger partial charge in [0.05, 0.1) is 24.5 Å². The molecule has 1 aromatic carbocycles. The molecular formula is C24H27FN4O5. The SMILES string of the molecule is CC(=O)NC[C@H]1CN(c2ccc(N3CCN(C(=O)C=Cc4ccc(C)o4)CC3)c(F)c2)C(=O)O1. The zero-order valence-corrected chi connectivity index (χ0v) is 19.1. The molecule has 1 N–H and O–H groups in total. The fraction of sp³-hybridized carbons (Fsp3) is 0.375. The van der Waals surface area contributed by atoms with Crippen LogP contribution in [0.25, 0.3) is 6.08 Å². The monoisotopic (exact) mass is 470 g/mol. The average Bonchev–Trinajstić information content (AvgIpc) is 3.41. The molecule has 3 heterocycles. The normalized spacial score (nSPS) is 18.5. The van der Waals surface area contributed by atoms with Crippen molar-refractivity contribution in [2.24, 2.45) is 0 Å². The van der Waals surface area contributed by atoms with Crippen LogP contribution in [-0.4, -0.2) is 68.2 Å². The molecule has 34 heavy (non-hydrogen) atoms. The first-order valence-corrected chi connectivity index (χ1v) is 11.1. The molecule has 2 aliphatic heterocycles. The fourth-order valence-electron chi connectivity index (χ4n) is 3.99. The van der Waals surface area contributed by atoms with E-state index in [1.165, 1.54) is 24.0 Å². The van der Waals surface area contributed by atoms with E-state index >= 15 is 0 Å². The lowest BCUT2D eigenvalue weighted by molar-refractivity contribution is -0.126. The maximum Gasteiger partial charge on any atom is 0.414 e. The summed E-state index contributed by atoms with van der Waals surface area (Å²) in [7, 11) is 0. The zero-order chi connectivity index (χ0) is 24.2. The van der Waals surface area contributed by atoms with Gasteiger partial charge in [-0.25, -0.2) is 9.18 Å². The number of carbonyl (C=O) groups is 3. The van der Waals surface area contributed by atoms with Gasteiger partial charge in [-0.15, -0.1) is 0 Å². The molecule has 3 amide bonds. The minimum absolute atomic E-state index is 0.120. The number of nitrogens with one attached hydrogen (secondary N) is 1. The predicted molar refractivity (Wildman–Crippen MR) is 124 cm³/mol. The van der Waals surface area contributed by atoms with Crippen molar-refractivity contribution >= 4 is 35.4 Å². The van der Waals surface area contributed by atoms with Gasteiger partial charge in [-0.2, -0.15) is 0 Å². The molecule has 180 valence electrons. The topological polar surface area (TPSA) is 95.3 Å². The molecule has 4 rings (SSSR count). The number of anilines is 2. The molecule has 1 atom stereocenters. The van der Waals surface area contributed by atoms with Crippen LogP contribution in [0.1, 0.15) is 18.4 Å². The summed E-state index contributed by atoms with van der Waals surface area (Å²) in [5, 5.41) is 2.61. The van der Waals surface area contributed by atoms with Gasteiger partial charge in [0, 0.05) is 39.2 Å². The highest BCUT2D eigenvalue weighted by molar-refractivity contribution is 5.92. The Balaban J connectivity index is 1.33. The number of cyclic esters (lactones) is 1. The van der Waals surface area contributed by atoms with E-state index in [0.717, 1.165) is 5.76 Å². The minimum atomic E-state index is -0.576. The van der Waals surface area contributed by atoms with Crippen LogP contribution >= 0.6 is 0 Å². The number of furan rings is 1. The van der Waals surface area contributed by atoms with Crippen LogP contribution in [0.4, 0.5) is 20.6 Å². The first kappa shape index (κ1) is 23.3. The number of amides is 3. The molecule has 0 aliphatic carbocycles. The summed E-state index contributed by atoms with van der Waals surface area (Å²) >= 11 is 0. The van der Waals surface area contributed by atoms with Crippen molar-refractivity contribution < 1.29 is 27.9 Å². The molecule has 2 saturated heterocycles. The van der Waals surface area contributed by atoms with Gasteiger partial charge in [0.15, 0.2) is 0 Å². The molecule has 9 nitrogen and oxygen atoms in total. The highest BCUT2D eigenvalue weighted by atomic mass is 19.1. The van der Waals surface area contributed by atoms with Gasteiger partial charge in [0.2, 0.25) is 11.8 Å². The number of hydrogen-bond acceptors (Lipinski definition) is 6. The number of carbonyl (C=O) groups excluding carboxylic acids is 3. The zero-order valence-electron chi connectivity index (χ0n) is 19.1. The summed E-state index contributed by atoms with van der Waals surface area (Å²) in [6, 6.07) is 8.25. The van der Waals surface area contributed by atoms with Gasteiger partial charge in [-0.05, 0) is 43.3 Å². The van der Waals surface area contributed by atoms with Crippen molar-refractivity contribution in [3.8, 4) is 0 Å². The summed E-state index contributed by atoms with van der Waals surface area (Å²) in [5.74, 6) is 0.611. The van der Waals surface area contributed by atoms with Crippen LogP contribution in [0.3, 0.4) is 0 Å². The predicted octanol–water partition coefficient (Wildman–Crippen LogP) is 2.55. The maximum absolute atomic E-state index is 15.0. The number of halogens is 1. The number of ether oxygens (including phenoxy) is 1. The van der Waals surface area contributed by atoms with Crippen molar-refractivity contribution in [1.82, 2.24) is 10.2 Å². The van der Waals surface area contributed by atoms with Crippen LogP contribution in [0.15, 0.2) is 40.8 Å². The molecule has 0 saturated carbocycles. The summed E-state index contributed by atoms with van der Waals surface area (Å²) in [5.41, 5.74) is 0.809. The molecule has 10 heteroatoms. The van der Waals surface area contributed by atoms with Crippen LogP contribution < -0.4 is 15.1 Å². The van der Waals surface area contributed by atoms with Crippen molar-refractivity contribution in [3.63, 3.8) is 0 Å². The third-order valence-corrected chi connectivity index (χ3v) is 5.78. The summed E-state index contributed by atoms with van der Waals surface area (Å²) in [6.45, 7) is 5.56. The Morgan fingerprint density at radius 2 is 1.94 bits per heavy atom. The van der Waals surface area contributed by atoms with E-state index in [1.807, 2.05) is 17.9 Å². The van der Waals surface area contributed by atoms with Crippen molar-refractivity contribution in [1.29, 1.82) is 0 Å². The highest BCUT2D eigenvalue weighted by Gasteiger charge is 2.33. The third kappa shape index (κ3) is 5.38. The molecule has 0 spiro atoms. The fourth-order valence-corrected chi connectivity index (χ4v) is 3.99. The second-order valence-electron chi connectivity index (χ2n) is 8.28. The highest BCUT2D eigenvalue weighted by Crippen LogP contribution is 2.28. The van der Waals surface area contributed by atoms with E-state index in [4.69, 9.17) is 9.15 Å². The Hall–Kier alpha value is -3.82. The van der Waals surface area contributed by atoms with E-state index in [2.05, 4.69) is 5.32 Å². The lowest BCUT2D eigenvalue weighted by Gasteiger charge is -2.36. The second kappa shape index (κ2) is 9.98. The van der Waals surface area contributed by atoms with Crippen LogP contribution in [0.2, 0.25) is 0 Å². The molecule has 2 aliphatic rings. The van der Waals surface area contributed by atoms with Crippen molar-refractivity contribution in [2.45, 2.75) is 20.0 Å². The third-order valence-electron chi connectivity index (χ3n) is 5.78. The summed E-state index contributed by atoms with van der Waals surface area (Å²) in [6.07, 6.45) is 2.06. The Morgan fingerprint density at radius 1 is 1.18 bits per heavy atom. The lowest BCUT2D eigenvalue weighted by atomic mass is 10.2. The van der Waals surface area contributed by atoms with E-state index < -0.39 is 18.0 Å². The van der Waals surface area contributed by atoms with Gasteiger partial charge in [0.1, 0.15) is 23.4 Å². The number of hydrogen-bond donors (Lipinski definition) is 1. The minimum Gasteiger partial charge on any atom is -0.462 e. The van der Waals surface area contributed by atoms with Crippen molar-refractivity contribution in [2.75, 3.05) is 49.1 Å². The number of nitrogens with zero attached hydrogens (tertiary/aromatic N) is 3. The number of aryl methyl sites for hydroxylation is 1. The smallest absolute Gasteiger partial charge is 0.414 e. The number of rotatable bonds is 6. The van der Waals surface area contributed by atoms with E-state index in [1.54, 1.807) is 29.2 Å². The lowest BCUT2D eigenvalue weighted by Crippen LogP contribution is -2.48. The standard InChI is InChI=1S/C24H27FN4O5/c1-16-3-5-19(33-16)6-8-23(31)28-11-9-27(10-12-28)22-7-4-18(13-21(22)25)29-15-20(34-24(29)32)14-26-17(2)30/h3-8,13,20H,9-12,14-15H2,1-2H3,(H,26,30)/t20-/m0/s1. The molecule has 2 aromatic rings. The van der Waals surface area contributed by atoms with Crippen LogP contribution in [0.5, 0.6) is 0 Å². The number of piperazine rings is 1. The van der Waals surface area contributed by atoms with E-state index in [9.17, 15) is 18.8 Å². The number of benzene rings is 1. The Bertz CT molecular complexity index is 1110. The van der Waals surface area contributed by atoms with Gasteiger partial charge in [0.25, 0.3) is 0 Å². The van der Waals surface area contributed by atoms with Crippen molar-refractivity contribution in [3.05, 3.63) is 53.7 Å². The molecule has 1 aromatic heterocycles. The van der Waals surface area contributed by atoms with Gasteiger partial charge >= 0.3 is 6.09 Å². The Kier molecular flexibility index (Phi) is 6.85. The quantitative estimate of drug-likeness (QED) is 0.652. The van der Waals surface area contributed by atoms with Gasteiger partial charge < -0.3 is 24.3 Å². The van der Waals surface area contributed by atoms with E-state index in [-0.39, 0.29) is 24.9 Å². The molecule has 0 radical (unpaired) electrons. The Labute approximate surface area is 196 Å². The molecule has 0 bridgehead atoms. The molecule has 2 fully saturated rings. The Morgan fingerprint density at radius 3 is 2.59 bits per heavy atom. The summed E-state index contributed by atoms with van der Waals surface area (Å²) in [4.78, 5) is 40.6. The first-order valence-electron chi connectivity index (χ1n) is 11.1. The molecular weight excluding hydrogens is 443 g/mol. The maximum atomic E-state index is 15.0. The van der Waals surface area contributed by atoms with Gasteiger partial charge in [-0.3, -0.25) is 14.5 Å². The van der Waals surface area contributed by atoms with Gasteiger partial charge in [-0.1, -0.05) is 0 Å². The second-order valence-corrected chi connectivity index (χ2v) is 8.28. The van der Waals surface area contributed by atoms with E-state index in [0.29, 0.717) is 43.3 Å². The largest absolute Gasteiger partial charge is 0.462 e. The average molecular weight is 471 g/mol.